The van der Waals surface area contributed by atoms with Crippen LogP contribution in [0.1, 0.15) is 32.8 Å². The Morgan fingerprint density at radius 3 is 2.52 bits per heavy atom. The lowest BCUT2D eigenvalue weighted by Crippen LogP contribution is -2.46. The second kappa shape index (κ2) is 8.68. The third-order valence-electron chi connectivity index (χ3n) is 4.12. The number of rotatable bonds is 4. The largest absolute Gasteiger partial charge is 0.350 e. The van der Waals surface area contributed by atoms with E-state index in [2.05, 4.69) is 10.2 Å². The van der Waals surface area contributed by atoms with Crippen molar-refractivity contribution in [2.75, 3.05) is 32.7 Å². The third kappa shape index (κ3) is 6.67. The monoisotopic (exact) mass is 365 g/mol. The van der Waals surface area contributed by atoms with Crippen molar-refractivity contribution < 1.29 is 9.59 Å². The third-order valence-corrected chi connectivity index (χ3v) is 4.49. The van der Waals surface area contributed by atoms with Gasteiger partial charge in [-0.3, -0.25) is 14.5 Å². The predicted molar refractivity (Wildman–Crippen MR) is 101 cm³/mol. The summed E-state index contributed by atoms with van der Waals surface area (Å²) in [5.41, 5.74) is 0.639. The zero-order valence-electron chi connectivity index (χ0n) is 15.3. The van der Waals surface area contributed by atoms with Gasteiger partial charge in [-0.05, 0) is 38.8 Å². The normalized spacial score (nSPS) is 16.4. The van der Waals surface area contributed by atoms with Gasteiger partial charge in [0.1, 0.15) is 0 Å². The van der Waals surface area contributed by atoms with Gasteiger partial charge < -0.3 is 10.2 Å². The lowest BCUT2D eigenvalue weighted by Gasteiger charge is -2.25. The summed E-state index contributed by atoms with van der Waals surface area (Å²) in [5.74, 6) is 0.123. The quantitative estimate of drug-likeness (QED) is 0.891. The Labute approximate surface area is 155 Å². The average Bonchev–Trinajstić information content (AvgIpc) is 2.73. The minimum atomic E-state index is -0.222. The number of carbonyl (C=O) groups excluding carboxylic acids is 2. The van der Waals surface area contributed by atoms with Crippen LogP contribution in [0.5, 0.6) is 0 Å². The fraction of sp³-hybridized carbons (Fsp3) is 0.579. The first-order valence-corrected chi connectivity index (χ1v) is 9.17. The van der Waals surface area contributed by atoms with E-state index >= 15 is 0 Å². The van der Waals surface area contributed by atoms with Crippen molar-refractivity contribution >= 4 is 23.4 Å². The van der Waals surface area contributed by atoms with Gasteiger partial charge >= 0.3 is 0 Å². The van der Waals surface area contributed by atoms with Crippen molar-refractivity contribution in [3.8, 4) is 0 Å². The Kier molecular flexibility index (Phi) is 6.85. The number of hydrogen-bond donors (Lipinski definition) is 1. The highest BCUT2D eigenvalue weighted by Gasteiger charge is 2.22. The van der Waals surface area contributed by atoms with Crippen LogP contribution < -0.4 is 5.32 Å². The van der Waals surface area contributed by atoms with Crippen LogP contribution >= 0.6 is 11.6 Å². The van der Waals surface area contributed by atoms with Crippen molar-refractivity contribution in [2.45, 2.75) is 39.2 Å². The van der Waals surface area contributed by atoms with Crippen LogP contribution in [0.15, 0.2) is 24.3 Å². The zero-order chi connectivity index (χ0) is 18.4. The summed E-state index contributed by atoms with van der Waals surface area (Å²) in [4.78, 5) is 28.6. The molecule has 6 heteroatoms. The van der Waals surface area contributed by atoms with E-state index in [1.54, 1.807) is 0 Å². The van der Waals surface area contributed by atoms with Gasteiger partial charge in [0.15, 0.2) is 0 Å². The molecule has 0 aliphatic carbocycles. The molecule has 2 amide bonds. The fourth-order valence-electron chi connectivity index (χ4n) is 2.96. The van der Waals surface area contributed by atoms with Crippen LogP contribution in [0.4, 0.5) is 0 Å². The topological polar surface area (TPSA) is 52.7 Å². The molecule has 1 aliphatic heterocycles. The molecule has 2 rings (SSSR count). The van der Waals surface area contributed by atoms with Crippen molar-refractivity contribution in [3.05, 3.63) is 34.9 Å². The Morgan fingerprint density at radius 1 is 1.12 bits per heavy atom. The van der Waals surface area contributed by atoms with Crippen LogP contribution in [0.2, 0.25) is 5.02 Å². The fourth-order valence-corrected chi connectivity index (χ4v) is 3.16. The molecule has 1 aromatic rings. The first-order valence-electron chi connectivity index (χ1n) is 8.79. The van der Waals surface area contributed by atoms with Crippen molar-refractivity contribution in [3.63, 3.8) is 0 Å². The number of nitrogens with one attached hydrogen (secondary N) is 1. The summed E-state index contributed by atoms with van der Waals surface area (Å²) in [7, 11) is 0. The van der Waals surface area contributed by atoms with Crippen LogP contribution in [0, 0.1) is 0 Å². The van der Waals surface area contributed by atoms with E-state index in [0.717, 1.165) is 25.1 Å². The van der Waals surface area contributed by atoms with E-state index in [9.17, 15) is 9.59 Å². The van der Waals surface area contributed by atoms with Gasteiger partial charge in [-0.15, -0.1) is 0 Å². The molecule has 0 aromatic heterocycles. The van der Waals surface area contributed by atoms with Crippen molar-refractivity contribution in [2.24, 2.45) is 0 Å². The van der Waals surface area contributed by atoms with E-state index in [-0.39, 0.29) is 17.4 Å². The van der Waals surface area contributed by atoms with Crippen LogP contribution in [-0.2, 0) is 16.0 Å². The molecule has 1 saturated heterocycles. The number of carbonyl (C=O) groups is 2. The molecule has 1 fully saturated rings. The van der Waals surface area contributed by atoms with E-state index in [1.807, 2.05) is 49.9 Å². The first-order chi connectivity index (χ1) is 11.7. The van der Waals surface area contributed by atoms with Gasteiger partial charge in [-0.2, -0.15) is 0 Å². The molecular weight excluding hydrogens is 338 g/mol. The number of benzene rings is 1. The summed E-state index contributed by atoms with van der Waals surface area (Å²) in [6.07, 6.45) is 1.20. The molecule has 0 atom stereocenters. The van der Waals surface area contributed by atoms with Gasteiger partial charge in [0.05, 0.1) is 13.0 Å². The number of halogens is 1. The molecule has 0 saturated carbocycles. The maximum Gasteiger partial charge on any atom is 0.234 e. The minimum Gasteiger partial charge on any atom is -0.350 e. The van der Waals surface area contributed by atoms with Gasteiger partial charge in [-0.25, -0.2) is 0 Å². The molecular formula is C19H28ClN3O2. The molecule has 1 aromatic carbocycles. The highest BCUT2D eigenvalue weighted by molar-refractivity contribution is 6.31. The molecule has 0 unspecified atom stereocenters. The Hall–Kier alpha value is -1.59. The van der Waals surface area contributed by atoms with Crippen LogP contribution in [0.25, 0.3) is 0 Å². The Balaban J connectivity index is 1.85. The average molecular weight is 366 g/mol. The second-order valence-electron chi connectivity index (χ2n) is 7.58. The highest BCUT2D eigenvalue weighted by atomic mass is 35.5. The smallest absolute Gasteiger partial charge is 0.234 e. The molecule has 5 nitrogen and oxygen atoms in total. The molecule has 138 valence electrons. The minimum absolute atomic E-state index is 0.0309. The molecule has 0 spiro atoms. The zero-order valence-corrected chi connectivity index (χ0v) is 16.1. The Morgan fingerprint density at radius 2 is 1.84 bits per heavy atom. The number of nitrogens with zero attached hydrogens (tertiary/aromatic N) is 2. The van der Waals surface area contributed by atoms with E-state index in [4.69, 9.17) is 11.6 Å². The van der Waals surface area contributed by atoms with Crippen molar-refractivity contribution in [1.82, 2.24) is 15.1 Å². The SMILES string of the molecule is CC(C)(C)NC(=O)CN1CCCN(C(=O)Cc2ccccc2Cl)CC1. The molecule has 25 heavy (non-hydrogen) atoms. The van der Waals surface area contributed by atoms with Gasteiger partial charge in [0.25, 0.3) is 0 Å². The maximum absolute atomic E-state index is 12.6. The van der Waals surface area contributed by atoms with E-state index < -0.39 is 0 Å². The maximum atomic E-state index is 12.6. The molecule has 0 bridgehead atoms. The number of hydrogen-bond acceptors (Lipinski definition) is 3. The first kappa shape index (κ1) is 19.7. The van der Waals surface area contributed by atoms with Crippen molar-refractivity contribution in [1.29, 1.82) is 0 Å². The van der Waals surface area contributed by atoms with Gasteiger partial charge in [0.2, 0.25) is 11.8 Å². The van der Waals surface area contributed by atoms with E-state index in [1.165, 1.54) is 0 Å². The second-order valence-corrected chi connectivity index (χ2v) is 7.98. The van der Waals surface area contributed by atoms with E-state index in [0.29, 0.717) is 31.1 Å². The Bertz CT molecular complexity index is 613. The molecule has 1 aliphatic rings. The van der Waals surface area contributed by atoms with Crippen LogP contribution in [0.3, 0.4) is 0 Å². The molecule has 1 heterocycles. The predicted octanol–water partition coefficient (Wildman–Crippen LogP) is 2.33. The highest BCUT2D eigenvalue weighted by Crippen LogP contribution is 2.16. The lowest BCUT2D eigenvalue weighted by atomic mass is 10.1. The summed E-state index contributed by atoms with van der Waals surface area (Å²) in [6.45, 7) is 9.21. The summed E-state index contributed by atoms with van der Waals surface area (Å²) < 4.78 is 0. The van der Waals surface area contributed by atoms with Crippen LogP contribution in [-0.4, -0.2) is 59.9 Å². The number of amides is 2. The summed E-state index contributed by atoms with van der Waals surface area (Å²) >= 11 is 6.15. The lowest BCUT2D eigenvalue weighted by molar-refractivity contribution is -0.130. The van der Waals surface area contributed by atoms with Gasteiger partial charge in [-0.1, -0.05) is 29.8 Å². The standard InChI is InChI=1S/C19H28ClN3O2/c1-19(2,3)21-17(24)14-22-9-6-10-23(12-11-22)18(25)13-15-7-4-5-8-16(15)20/h4-5,7-8H,6,9-14H2,1-3H3,(H,21,24). The van der Waals surface area contributed by atoms with Gasteiger partial charge in [0, 0.05) is 36.7 Å². The molecule has 0 radical (unpaired) electrons. The summed E-state index contributed by atoms with van der Waals surface area (Å²) in [6, 6.07) is 7.46. The molecule has 1 N–H and O–H groups in total. The summed E-state index contributed by atoms with van der Waals surface area (Å²) in [5, 5.41) is 3.61.